The number of carbonyl (C=O) groups excluding carboxylic acids is 1. The molecular formula is C20H20N6O. The monoisotopic (exact) mass is 360 g/mol. The van der Waals surface area contributed by atoms with Gasteiger partial charge in [0.25, 0.3) is 0 Å². The molecule has 27 heavy (non-hydrogen) atoms. The molecule has 0 aromatic carbocycles. The second-order valence-corrected chi connectivity index (χ2v) is 7.76. The average molecular weight is 360 g/mol. The first-order chi connectivity index (χ1) is 13.0. The number of nitriles is 1. The van der Waals surface area contributed by atoms with Crippen molar-refractivity contribution < 1.29 is 4.79 Å². The van der Waals surface area contributed by atoms with Crippen LogP contribution in [0.5, 0.6) is 0 Å². The molecule has 0 N–H and O–H groups in total. The second kappa shape index (κ2) is 5.43. The normalized spacial score (nSPS) is 25.3. The number of hydrogen-bond donors (Lipinski definition) is 0. The molecule has 4 heterocycles. The predicted octanol–water partition coefficient (Wildman–Crippen LogP) is 2.78. The zero-order valence-corrected chi connectivity index (χ0v) is 15.3. The molecule has 1 saturated heterocycles. The van der Waals surface area contributed by atoms with Crippen LogP contribution in [0.2, 0.25) is 0 Å². The van der Waals surface area contributed by atoms with E-state index in [1.807, 2.05) is 49.6 Å². The lowest BCUT2D eigenvalue weighted by Gasteiger charge is -2.23. The number of nitrogens with zero attached hydrogens (tertiary/aromatic N) is 6. The first-order valence-corrected chi connectivity index (χ1v) is 9.25. The van der Waals surface area contributed by atoms with E-state index >= 15 is 0 Å². The van der Waals surface area contributed by atoms with Crippen LogP contribution in [0, 0.1) is 22.7 Å². The number of aromatic nitrogens is 4. The van der Waals surface area contributed by atoms with E-state index in [4.69, 9.17) is 0 Å². The van der Waals surface area contributed by atoms with Gasteiger partial charge in [-0.3, -0.25) is 9.48 Å². The van der Waals surface area contributed by atoms with Crippen LogP contribution in [0.4, 0.5) is 5.69 Å². The maximum absolute atomic E-state index is 13.3. The number of rotatable bonds is 3. The lowest BCUT2D eigenvalue weighted by molar-refractivity contribution is -0.123. The maximum atomic E-state index is 13.3. The van der Waals surface area contributed by atoms with Gasteiger partial charge in [-0.25, -0.2) is 4.52 Å². The Labute approximate surface area is 156 Å². The summed E-state index contributed by atoms with van der Waals surface area (Å²) < 4.78 is 3.55. The molecule has 3 aromatic heterocycles. The molecule has 2 aliphatic rings. The summed E-state index contributed by atoms with van der Waals surface area (Å²) in [6.07, 6.45) is 9.96. The van der Waals surface area contributed by atoms with Crippen molar-refractivity contribution in [2.24, 2.45) is 18.4 Å². The lowest BCUT2D eigenvalue weighted by atomic mass is 9.81. The highest BCUT2D eigenvalue weighted by molar-refractivity contribution is 6.05. The van der Waals surface area contributed by atoms with E-state index in [0.717, 1.165) is 35.2 Å². The van der Waals surface area contributed by atoms with Gasteiger partial charge in [0.1, 0.15) is 5.41 Å². The molecule has 1 amide bonds. The topological polar surface area (TPSA) is 79.2 Å². The minimum absolute atomic E-state index is 0.0132. The third-order valence-corrected chi connectivity index (χ3v) is 5.92. The summed E-state index contributed by atoms with van der Waals surface area (Å²) in [5.41, 5.74) is 2.81. The zero-order valence-electron chi connectivity index (χ0n) is 15.3. The van der Waals surface area contributed by atoms with Crippen molar-refractivity contribution in [2.45, 2.75) is 32.2 Å². The lowest BCUT2D eigenvalue weighted by Crippen LogP contribution is -2.37. The average Bonchev–Trinajstić information content (AvgIpc) is 3.17. The van der Waals surface area contributed by atoms with Crippen molar-refractivity contribution in [2.75, 3.05) is 4.90 Å². The molecule has 2 fully saturated rings. The SMILES string of the molecule is C[C@H]1C[C@](C#N)(C2CC2)C(=O)N1c1ccnn2cc(-c3cnn(C)c3)cc12. The Kier molecular flexibility index (Phi) is 3.23. The van der Waals surface area contributed by atoms with Gasteiger partial charge >= 0.3 is 0 Å². The van der Waals surface area contributed by atoms with E-state index in [1.165, 1.54) is 0 Å². The molecule has 1 saturated carbocycles. The van der Waals surface area contributed by atoms with Crippen LogP contribution in [-0.2, 0) is 11.8 Å². The quantitative estimate of drug-likeness (QED) is 0.719. The van der Waals surface area contributed by atoms with Gasteiger partial charge in [-0.05, 0) is 44.2 Å². The molecule has 3 aromatic rings. The number of hydrogen-bond acceptors (Lipinski definition) is 4. The summed E-state index contributed by atoms with van der Waals surface area (Å²) in [5, 5.41) is 18.5. The summed E-state index contributed by atoms with van der Waals surface area (Å²) in [6.45, 7) is 2.03. The Morgan fingerprint density at radius 3 is 2.74 bits per heavy atom. The fourth-order valence-electron chi connectivity index (χ4n) is 4.44. The summed E-state index contributed by atoms with van der Waals surface area (Å²) in [7, 11) is 1.88. The van der Waals surface area contributed by atoms with E-state index in [2.05, 4.69) is 16.3 Å². The summed E-state index contributed by atoms with van der Waals surface area (Å²) >= 11 is 0. The van der Waals surface area contributed by atoms with Gasteiger partial charge in [0.15, 0.2) is 0 Å². The van der Waals surface area contributed by atoms with Crippen LogP contribution in [0.3, 0.4) is 0 Å². The predicted molar refractivity (Wildman–Crippen MR) is 99.7 cm³/mol. The Bertz CT molecular complexity index is 1100. The molecule has 1 aliphatic heterocycles. The largest absolute Gasteiger partial charge is 0.306 e. The minimum Gasteiger partial charge on any atom is -0.306 e. The van der Waals surface area contributed by atoms with E-state index in [1.54, 1.807) is 15.4 Å². The molecule has 7 nitrogen and oxygen atoms in total. The van der Waals surface area contributed by atoms with Gasteiger partial charge in [-0.15, -0.1) is 0 Å². The second-order valence-electron chi connectivity index (χ2n) is 7.76. The van der Waals surface area contributed by atoms with Gasteiger partial charge in [0.2, 0.25) is 5.91 Å². The zero-order chi connectivity index (χ0) is 18.8. The highest BCUT2D eigenvalue weighted by Crippen LogP contribution is 2.54. The third-order valence-electron chi connectivity index (χ3n) is 5.92. The first-order valence-electron chi connectivity index (χ1n) is 9.25. The molecule has 1 aliphatic carbocycles. The van der Waals surface area contributed by atoms with Gasteiger partial charge in [-0.2, -0.15) is 15.5 Å². The summed E-state index contributed by atoms with van der Waals surface area (Å²) in [4.78, 5) is 15.1. The number of fused-ring (bicyclic) bond motifs is 1. The Hall–Kier alpha value is -3.14. The van der Waals surface area contributed by atoms with Crippen LogP contribution in [0.1, 0.15) is 26.2 Å². The van der Waals surface area contributed by atoms with Crippen molar-refractivity contribution in [3.8, 4) is 17.2 Å². The number of carbonyl (C=O) groups is 1. The number of amides is 1. The van der Waals surface area contributed by atoms with Crippen LogP contribution in [0.25, 0.3) is 16.6 Å². The van der Waals surface area contributed by atoms with Crippen LogP contribution < -0.4 is 4.90 Å². The van der Waals surface area contributed by atoms with Crippen LogP contribution in [-0.4, -0.2) is 31.3 Å². The van der Waals surface area contributed by atoms with Gasteiger partial charge in [0.05, 0.1) is 23.5 Å². The van der Waals surface area contributed by atoms with Crippen molar-refractivity contribution in [1.82, 2.24) is 19.4 Å². The van der Waals surface area contributed by atoms with E-state index in [0.29, 0.717) is 6.42 Å². The third kappa shape index (κ3) is 2.23. The molecule has 7 heteroatoms. The number of anilines is 1. The van der Waals surface area contributed by atoms with Gasteiger partial charge in [-0.1, -0.05) is 0 Å². The summed E-state index contributed by atoms with van der Waals surface area (Å²) in [5.74, 6) is 0.148. The molecular weight excluding hydrogens is 340 g/mol. The standard InChI is InChI=1S/C20H20N6O/c1-13-8-20(12-21,16-3-4-16)19(27)26(13)17-5-6-22-25-11-14(7-18(17)25)15-9-23-24(2)10-15/h5-7,9-11,13,16H,3-4,8H2,1-2H3/t13-,20-/m0/s1. The van der Waals surface area contributed by atoms with E-state index in [9.17, 15) is 10.1 Å². The Balaban J connectivity index is 1.62. The van der Waals surface area contributed by atoms with Crippen molar-refractivity contribution in [1.29, 1.82) is 5.26 Å². The smallest absolute Gasteiger partial charge is 0.248 e. The number of aryl methyl sites for hydroxylation is 1. The highest BCUT2D eigenvalue weighted by atomic mass is 16.2. The van der Waals surface area contributed by atoms with Gasteiger partial charge < -0.3 is 4.90 Å². The Morgan fingerprint density at radius 1 is 1.26 bits per heavy atom. The van der Waals surface area contributed by atoms with Crippen molar-refractivity contribution in [3.63, 3.8) is 0 Å². The maximum Gasteiger partial charge on any atom is 0.248 e. The summed E-state index contributed by atoms with van der Waals surface area (Å²) in [6, 6.07) is 6.27. The first kappa shape index (κ1) is 16.1. The molecule has 2 atom stereocenters. The molecule has 0 spiro atoms. The van der Waals surface area contributed by atoms with Crippen molar-refractivity contribution in [3.05, 3.63) is 36.9 Å². The Morgan fingerprint density at radius 2 is 2.07 bits per heavy atom. The van der Waals surface area contributed by atoms with E-state index in [-0.39, 0.29) is 17.9 Å². The van der Waals surface area contributed by atoms with Crippen LogP contribution >= 0.6 is 0 Å². The van der Waals surface area contributed by atoms with Gasteiger partial charge in [0, 0.05) is 42.8 Å². The highest BCUT2D eigenvalue weighted by Gasteiger charge is 2.59. The van der Waals surface area contributed by atoms with Crippen molar-refractivity contribution >= 4 is 17.1 Å². The molecule has 0 bridgehead atoms. The van der Waals surface area contributed by atoms with E-state index < -0.39 is 5.41 Å². The molecule has 0 unspecified atom stereocenters. The van der Waals surface area contributed by atoms with Crippen LogP contribution in [0.15, 0.2) is 36.9 Å². The molecule has 5 rings (SSSR count). The fourth-order valence-corrected chi connectivity index (χ4v) is 4.44. The molecule has 136 valence electrons. The minimum atomic E-state index is -0.863. The molecule has 0 radical (unpaired) electrons. The fraction of sp³-hybridized carbons (Fsp3) is 0.400.